The highest BCUT2D eigenvalue weighted by molar-refractivity contribution is 6.30. The summed E-state index contributed by atoms with van der Waals surface area (Å²) in [7, 11) is 0. The molecule has 1 saturated heterocycles. The maximum absolute atomic E-state index is 13.9. The van der Waals surface area contributed by atoms with Gasteiger partial charge < -0.3 is 20.1 Å². The third kappa shape index (κ3) is 4.62. The lowest BCUT2D eigenvalue weighted by molar-refractivity contribution is -0.124. The van der Waals surface area contributed by atoms with Crippen LogP contribution in [0.3, 0.4) is 0 Å². The third-order valence-electron chi connectivity index (χ3n) is 4.18. The van der Waals surface area contributed by atoms with E-state index in [9.17, 15) is 14.3 Å². The second-order valence-corrected chi connectivity index (χ2v) is 6.49. The number of anilines is 1. The van der Waals surface area contributed by atoms with Crippen molar-refractivity contribution in [2.75, 3.05) is 24.6 Å². The molecule has 1 aromatic heterocycles. The van der Waals surface area contributed by atoms with Crippen LogP contribution in [0, 0.1) is 5.82 Å². The molecular weight excluding hydrogens is 361 g/mol. The smallest absolute Gasteiger partial charge is 0.258 e. The number of nitrogens with zero attached hydrogens (tertiary/aromatic N) is 2. The lowest BCUT2D eigenvalue weighted by Gasteiger charge is -2.37. The number of aliphatic hydroxyl groups is 1. The number of hydrogen-bond acceptors (Lipinski definition) is 5. The van der Waals surface area contributed by atoms with Crippen LogP contribution in [-0.2, 0) is 4.79 Å². The molecule has 1 aliphatic rings. The van der Waals surface area contributed by atoms with Gasteiger partial charge in [-0.05, 0) is 30.7 Å². The number of carbonyl (C=O) groups excluding carboxylic acids is 1. The van der Waals surface area contributed by atoms with Crippen LogP contribution in [0.4, 0.5) is 10.1 Å². The lowest BCUT2D eigenvalue weighted by Crippen LogP contribution is -2.56. The number of halogens is 2. The number of hydrogen-bond donors (Lipinski definition) is 2. The van der Waals surface area contributed by atoms with Crippen molar-refractivity contribution in [3.63, 3.8) is 0 Å². The van der Waals surface area contributed by atoms with Gasteiger partial charge in [-0.3, -0.25) is 9.78 Å². The van der Waals surface area contributed by atoms with Crippen LogP contribution < -0.4 is 15.0 Å². The second kappa shape index (κ2) is 8.33. The summed E-state index contributed by atoms with van der Waals surface area (Å²) in [6, 6.07) is 7.79. The first-order valence-corrected chi connectivity index (χ1v) is 8.61. The minimum Gasteiger partial charge on any atom is -0.484 e. The predicted octanol–water partition coefficient (Wildman–Crippen LogP) is 2.01. The molecule has 0 aliphatic carbocycles. The molecule has 3 rings (SSSR count). The second-order valence-electron chi connectivity index (χ2n) is 6.05. The van der Waals surface area contributed by atoms with E-state index in [1.54, 1.807) is 35.2 Å². The van der Waals surface area contributed by atoms with E-state index in [2.05, 4.69) is 10.3 Å². The summed E-state index contributed by atoms with van der Waals surface area (Å²) in [6.45, 7) is 0.589. The highest BCUT2D eigenvalue weighted by Gasteiger charge is 2.30. The number of pyridine rings is 1. The highest BCUT2D eigenvalue weighted by atomic mass is 35.5. The van der Waals surface area contributed by atoms with Crippen LogP contribution in [-0.4, -0.2) is 47.8 Å². The largest absolute Gasteiger partial charge is 0.484 e. The Morgan fingerprint density at radius 2 is 2.31 bits per heavy atom. The summed E-state index contributed by atoms with van der Waals surface area (Å²) < 4.78 is 19.3. The number of ether oxygens (including phenoxy) is 1. The van der Waals surface area contributed by atoms with Crippen LogP contribution in [0.1, 0.15) is 6.42 Å². The van der Waals surface area contributed by atoms with E-state index in [0.717, 1.165) is 6.20 Å². The molecule has 2 heterocycles. The molecule has 0 radical (unpaired) electrons. The average Bonchev–Trinajstić information content (AvgIpc) is 2.62. The zero-order valence-corrected chi connectivity index (χ0v) is 14.7. The van der Waals surface area contributed by atoms with Crippen LogP contribution in [0.2, 0.25) is 5.02 Å². The summed E-state index contributed by atoms with van der Waals surface area (Å²) in [5.41, 5.74) is 0.404. The van der Waals surface area contributed by atoms with Gasteiger partial charge in [0.25, 0.3) is 5.91 Å². The Labute approximate surface area is 155 Å². The van der Waals surface area contributed by atoms with Crippen LogP contribution in [0.25, 0.3) is 0 Å². The van der Waals surface area contributed by atoms with Gasteiger partial charge in [0, 0.05) is 24.3 Å². The van der Waals surface area contributed by atoms with Gasteiger partial charge in [0.2, 0.25) is 0 Å². The number of aromatic nitrogens is 1. The fraction of sp³-hybridized carbons (Fsp3) is 0.333. The van der Waals surface area contributed by atoms with E-state index in [4.69, 9.17) is 16.3 Å². The first-order chi connectivity index (χ1) is 12.5. The van der Waals surface area contributed by atoms with Gasteiger partial charge in [-0.15, -0.1) is 0 Å². The molecule has 1 fully saturated rings. The fourth-order valence-corrected chi connectivity index (χ4v) is 3.06. The minimum absolute atomic E-state index is 0.201. The average molecular weight is 380 g/mol. The Kier molecular flexibility index (Phi) is 5.90. The molecule has 2 atom stereocenters. The summed E-state index contributed by atoms with van der Waals surface area (Å²) in [5, 5.41) is 13.4. The first kappa shape index (κ1) is 18.4. The molecule has 2 N–H and O–H groups in total. The van der Waals surface area contributed by atoms with E-state index in [0.29, 0.717) is 36.0 Å². The van der Waals surface area contributed by atoms with Crippen LogP contribution in [0.5, 0.6) is 5.75 Å². The van der Waals surface area contributed by atoms with E-state index < -0.39 is 18.0 Å². The number of amides is 1. The molecule has 6 nitrogen and oxygen atoms in total. The maximum Gasteiger partial charge on any atom is 0.258 e. The van der Waals surface area contributed by atoms with Gasteiger partial charge in [-0.1, -0.05) is 17.7 Å². The number of rotatable bonds is 5. The zero-order valence-electron chi connectivity index (χ0n) is 13.9. The van der Waals surface area contributed by atoms with E-state index in [1.165, 1.54) is 6.20 Å². The van der Waals surface area contributed by atoms with Gasteiger partial charge in [0.1, 0.15) is 5.75 Å². The van der Waals surface area contributed by atoms with Crippen LogP contribution in [0.15, 0.2) is 42.7 Å². The Balaban J connectivity index is 1.57. The molecule has 2 aromatic rings. The zero-order chi connectivity index (χ0) is 18.5. The van der Waals surface area contributed by atoms with Crippen molar-refractivity contribution in [2.24, 2.45) is 0 Å². The Morgan fingerprint density at radius 3 is 3.08 bits per heavy atom. The summed E-state index contributed by atoms with van der Waals surface area (Å²) in [6.07, 6.45) is 2.37. The maximum atomic E-state index is 13.9. The SMILES string of the molecule is O=C(COc1cccc(Cl)c1)N[C@@H]1CN(c2ccncc2F)CC[C@@H]1O. The van der Waals surface area contributed by atoms with Gasteiger partial charge in [-0.2, -0.15) is 0 Å². The van der Waals surface area contributed by atoms with E-state index in [-0.39, 0.29) is 12.5 Å². The highest BCUT2D eigenvalue weighted by Crippen LogP contribution is 2.22. The molecule has 0 unspecified atom stereocenters. The number of nitrogens with one attached hydrogen (secondary N) is 1. The molecule has 1 amide bonds. The molecule has 0 saturated carbocycles. The number of carbonyl (C=O) groups is 1. The van der Waals surface area contributed by atoms with Gasteiger partial charge in [0.15, 0.2) is 12.4 Å². The predicted molar refractivity (Wildman–Crippen MR) is 95.9 cm³/mol. The summed E-state index contributed by atoms with van der Waals surface area (Å²) in [5.74, 6) is -0.318. The van der Waals surface area contributed by atoms with Crippen molar-refractivity contribution in [2.45, 2.75) is 18.6 Å². The number of benzene rings is 1. The number of piperidine rings is 1. The molecular formula is C18H19ClFN3O3. The molecule has 26 heavy (non-hydrogen) atoms. The van der Waals surface area contributed by atoms with E-state index >= 15 is 0 Å². The molecule has 1 aliphatic heterocycles. The third-order valence-corrected chi connectivity index (χ3v) is 4.42. The van der Waals surface area contributed by atoms with Crippen molar-refractivity contribution in [1.82, 2.24) is 10.3 Å². The van der Waals surface area contributed by atoms with Crippen molar-refractivity contribution in [1.29, 1.82) is 0 Å². The minimum atomic E-state index is -0.703. The molecule has 0 bridgehead atoms. The van der Waals surface area contributed by atoms with Gasteiger partial charge >= 0.3 is 0 Å². The van der Waals surface area contributed by atoms with Crippen molar-refractivity contribution in [3.8, 4) is 5.75 Å². The molecule has 1 aromatic carbocycles. The normalized spacial score (nSPS) is 19.9. The molecule has 0 spiro atoms. The molecule has 138 valence electrons. The topological polar surface area (TPSA) is 74.7 Å². The summed E-state index contributed by atoms with van der Waals surface area (Å²) in [4.78, 5) is 17.7. The van der Waals surface area contributed by atoms with Gasteiger partial charge in [-0.25, -0.2) is 4.39 Å². The first-order valence-electron chi connectivity index (χ1n) is 8.23. The Bertz CT molecular complexity index is 777. The molecule has 8 heteroatoms. The quantitative estimate of drug-likeness (QED) is 0.831. The van der Waals surface area contributed by atoms with Crippen molar-refractivity contribution >= 4 is 23.2 Å². The van der Waals surface area contributed by atoms with Gasteiger partial charge in [0.05, 0.1) is 24.0 Å². The fourth-order valence-electron chi connectivity index (χ4n) is 2.88. The van der Waals surface area contributed by atoms with Crippen LogP contribution >= 0.6 is 11.6 Å². The monoisotopic (exact) mass is 379 g/mol. The Hall–Kier alpha value is -2.38. The van der Waals surface area contributed by atoms with E-state index in [1.807, 2.05) is 0 Å². The van der Waals surface area contributed by atoms with Crippen molar-refractivity contribution < 1.29 is 19.0 Å². The van der Waals surface area contributed by atoms with Crippen molar-refractivity contribution in [3.05, 3.63) is 53.6 Å². The standard InChI is InChI=1S/C18H19ClFN3O3/c19-12-2-1-3-13(8-12)26-11-18(25)22-15-10-23(7-5-17(15)24)16-4-6-21-9-14(16)20/h1-4,6,8-9,15,17,24H,5,7,10-11H2,(H,22,25)/t15-,17+/m1/s1. The Morgan fingerprint density at radius 1 is 1.46 bits per heavy atom. The lowest BCUT2D eigenvalue weighted by atomic mass is 10.0. The summed E-state index contributed by atoms with van der Waals surface area (Å²) >= 11 is 5.87. The number of aliphatic hydroxyl groups excluding tert-OH is 1.